The highest BCUT2D eigenvalue weighted by molar-refractivity contribution is 7.89. The summed E-state index contributed by atoms with van der Waals surface area (Å²) in [5.74, 6) is -0.175. The normalized spacial score (nSPS) is 18.5. The van der Waals surface area contributed by atoms with Gasteiger partial charge >= 0.3 is 0 Å². The zero-order valence-electron chi connectivity index (χ0n) is 15.6. The van der Waals surface area contributed by atoms with Crippen molar-refractivity contribution in [2.75, 3.05) is 19.6 Å². The molecule has 27 heavy (non-hydrogen) atoms. The van der Waals surface area contributed by atoms with Gasteiger partial charge in [-0.25, -0.2) is 8.42 Å². The molecule has 1 fully saturated rings. The van der Waals surface area contributed by atoms with Crippen molar-refractivity contribution >= 4 is 15.9 Å². The van der Waals surface area contributed by atoms with Gasteiger partial charge in [0.15, 0.2) is 5.76 Å². The molecule has 0 aliphatic carbocycles. The number of rotatable bonds is 7. The highest BCUT2D eigenvalue weighted by Gasteiger charge is 2.36. The molecule has 0 saturated carbocycles. The fourth-order valence-electron chi connectivity index (χ4n) is 3.38. The molecule has 0 aromatic carbocycles. The third kappa shape index (κ3) is 4.38. The molecule has 1 aliphatic heterocycles. The molecule has 148 valence electrons. The van der Waals surface area contributed by atoms with Crippen LogP contribution < -0.4 is 5.32 Å². The first-order valence-electron chi connectivity index (χ1n) is 9.07. The van der Waals surface area contributed by atoms with Crippen molar-refractivity contribution in [1.29, 1.82) is 0 Å². The van der Waals surface area contributed by atoms with E-state index in [9.17, 15) is 13.2 Å². The van der Waals surface area contributed by atoms with E-state index in [-0.39, 0.29) is 29.0 Å². The number of hydrogen-bond donors (Lipinski definition) is 1. The van der Waals surface area contributed by atoms with Crippen LogP contribution in [0.5, 0.6) is 0 Å². The second kappa shape index (κ2) is 8.22. The van der Waals surface area contributed by atoms with Crippen molar-refractivity contribution in [3.8, 4) is 0 Å². The van der Waals surface area contributed by atoms with E-state index in [0.717, 1.165) is 13.0 Å². The summed E-state index contributed by atoms with van der Waals surface area (Å²) in [6.07, 6.45) is 5.68. The number of aromatic nitrogens is 3. The number of aryl methyl sites for hydroxylation is 3. The first-order valence-corrected chi connectivity index (χ1v) is 10.5. The van der Waals surface area contributed by atoms with Gasteiger partial charge in [-0.15, -0.1) is 0 Å². The Morgan fingerprint density at radius 3 is 2.89 bits per heavy atom. The van der Waals surface area contributed by atoms with Gasteiger partial charge in [0, 0.05) is 38.6 Å². The van der Waals surface area contributed by atoms with Crippen molar-refractivity contribution in [1.82, 2.24) is 24.6 Å². The highest BCUT2D eigenvalue weighted by Crippen LogP contribution is 2.27. The highest BCUT2D eigenvalue weighted by atomic mass is 32.2. The largest absolute Gasteiger partial charge is 0.360 e. The third-order valence-corrected chi connectivity index (χ3v) is 6.85. The summed E-state index contributed by atoms with van der Waals surface area (Å²) < 4.78 is 34.1. The van der Waals surface area contributed by atoms with E-state index in [1.807, 2.05) is 16.9 Å². The van der Waals surface area contributed by atoms with Gasteiger partial charge in [0.25, 0.3) is 0 Å². The van der Waals surface area contributed by atoms with E-state index in [2.05, 4.69) is 15.6 Å². The lowest BCUT2D eigenvalue weighted by Gasteiger charge is -2.31. The molecule has 2 aromatic rings. The van der Waals surface area contributed by atoms with Crippen molar-refractivity contribution < 1.29 is 17.7 Å². The lowest BCUT2D eigenvalue weighted by molar-refractivity contribution is -0.126. The molecule has 2 aromatic heterocycles. The van der Waals surface area contributed by atoms with E-state index in [1.165, 1.54) is 4.31 Å². The van der Waals surface area contributed by atoms with Crippen LogP contribution >= 0.6 is 0 Å². The predicted molar refractivity (Wildman–Crippen MR) is 97.3 cm³/mol. The Kier molecular flexibility index (Phi) is 5.95. The van der Waals surface area contributed by atoms with Gasteiger partial charge in [0.1, 0.15) is 10.6 Å². The van der Waals surface area contributed by atoms with Gasteiger partial charge < -0.3 is 9.84 Å². The van der Waals surface area contributed by atoms with Crippen LogP contribution in [0.15, 0.2) is 27.9 Å². The molecule has 1 saturated heterocycles. The third-order valence-electron chi connectivity index (χ3n) is 4.74. The maximum absolute atomic E-state index is 12.9. The monoisotopic (exact) mass is 395 g/mol. The summed E-state index contributed by atoms with van der Waals surface area (Å²) in [5, 5.41) is 10.8. The number of nitrogens with one attached hydrogen (secondary N) is 1. The van der Waals surface area contributed by atoms with Crippen LogP contribution in [0.1, 0.15) is 30.7 Å². The molecule has 9 nitrogen and oxygen atoms in total. The van der Waals surface area contributed by atoms with Crippen molar-refractivity contribution in [3.05, 3.63) is 29.9 Å². The Balaban J connectivity index is 1.56. The molecule has 3 rings (SSSR count). The lowest BCUT2D eigenvalue weighted by atomic mass is 9.99. The van der Waals surface area contributed by atoms with Crippen LogP contribution in [-0.2, 0) is 21.4 Å². The first kappa shape index (κ1) is 19.6. The van der Waals surface area contributed by atoms with E-state index >= 15 is 0 Å². The van der Waals surface area contributed by atoms with Gasteiger partial charge in [-0.1, -0.05) is 5.16 Å². The second-order valence-corrected chi connectivity index (χ2v) is 8.64. The van der Waals surface area contributed by atoms with Gasteiger partial charge in [-0.2, -0.15) is 9.40 Å². The molecule has 0 bridgehead atoms. The molecule has 0 spiro atoms. The molecule has 3 heterocycles. The van der Waals surface area contributed by atoms with E-state index in [4.69, 9.17) is 4.52 Å². The number of hydrogen-bond acceptors (Lipinski definition) is 6. The van der Waals surface area contributed by atoms with Crippen LogP contribution in [0.3, 0.4) is 0 Å². The van der Waals surface area contributed by atoms with Crippen LogP contribution in [0.4, 0.5) is 0 Å². The maximum atomic E-state index is 12.9. The van der Waals surface area contributed by atoms with E-state index in [1.54, 1.807) is 20.0 Å². The van der Waals surface area contributed by atoms with E-state index < -0.39 is 10.0 Å². The molecule has 1 N–H and O–H groups in total. The SMILES string of the molecule is Cc1noc(C)c1S(=O)(=O)N1CCCC(C(=O)NCCCn2cccn2)C1. The minimum absolute atomic E-state index is 0.103. The Morgan fingerprint density at radius 1 is 1.41 bits per heavy atom. The quantitative estimate of drug-likeness (QED) is 0.703. The zero-order valence-corrected chi connectivity index (χ0v) is 16.4. The molecule has 1 unspecified atom stereocenters. The van der Waals surface area contributed by atoms with Crippen molar-refractivity contribution in [2.24, 2.45) is 5.92 Å². The average Bonchev–Trinajstić information content (AvgIpc) is 3.28. The van der Waals surface area contributed by atoms with Gasteiger partial charge in [-0.05, 0) is 39.2 Å². The molecule has 1 atom stereocenters. The minimum atomic E-state index is -3.72. The topological polar surface area (TPSA) is 110 Å². The van der Waals surface area contributed by atoms with Gasteiger partial charge in [0.2, 0.25) is 15.9 Å². The standard InChI is InChI=1S/C17H25N5O4S/c1-13-16(14(2)26-20-13)27(24,25)22-11-3-6-15(12-22)17(23)18-7-4-9-21-10-5-8-19-21/h5,8,10,15H,3-4,6-7,9,11-12H2,1-2H3,(H,18,23). The number of carbonyl (C=O) groups is 1. The summed E-state index contributed by atoms with van der Waals surface area (Å²) >= 11 is 0. The second-order valence-electron chi connectivity index (χ2n) is 6.77. The smallest absolute Gasteiger partial charge is 0.248 e. The number of piperidine rings is 1. The number of sulfonamides is 1. The fraction of sp³-hybridized carbons (Fsp3) is 0.588. The molecular weight excluding hydrogens is 370 g/mol. The average molecular weight is 395 g/mol. The van der Waals surface area contributed by atoms with Crippen LogP contribution in [0, 0.1) is 19.8 Å². The number of carbonyl (C=O) groups excluding carboxylic acids is 1. The Morgan fingerprint density at radius 2 is 2.22 bits per heavy atom. The lowest BCUT2D eigenvalue weighted by Crippen LogP contribution is -2.45. The number of nitrogens with zero attached hydrogens (tertiary/aromatic N) is 4. The first-order chi connectivity index (χ1) is 12.9. The Labute approximate surface area is 158 Å². The zero-order chi connectivity index (χ0) is 19.4. The predicted octanol–water partition coefficient (Wildman–Crippen LogP) is 1.10. The summed E-state index contributed by atoms with van der Waals surface area (Å²) in [6.45, 7) is 5.03. The van der Waals surface area contributed by atoms with Crippen LogP contribution in [0.2, 0.25) is 0 Å². The Hall–Kier alpha value is -2.20. The van der Waals surface area contributed by atoms with Gasteiger partial charge in [0.05, 0.1) is 5.92 Å². The Bertz CT molecular complexity index is 856. The summed E-state index contributed by atoms with van der Waals surface area (Å²) in [4.78, 5) is 12.6. The summed E-state index contributed by atoms with van der Waals surface area (Å²) in [6, 6.07) is 1.86. The van der Waals surface area contributed by atoms with Gasteiger partial charge in [-0.3, -0.25) is 9.48 Å². The van der Waals surface area contributed by atoms with E-state index in [0.29, 0.717) is 31.6 Å². The molecule has 10 heteroatoms. The van der Waals surface area contributed by atoms with Crippen LogP contribution in [0.25, 0.3) is 0 Å². The van der Waals surface area contributed by atoms with Crippen molar-refractivity contribution in [3.63, 3.8) is 0 Å². The molecule has 1 aliphatic rings. The molecule has 1 amide bonds. The number of amides is 1. The molecule has 0 radical (unpaired) electrons. The maximum Gasteiger partial charge on any atom is 0.248 e. The van der Waals surface area contributed by atoms with Crippen molar-refractivity contribution in [2.45, 2.75) is 44.6 Å². The van der Waals surface area contributed by atoms with Crippen LogP contribution in [-0.4, -0.2) is 53.2 Å². The summed E-state index contributed by atoms with van der Waals surface area (Å²) in [5.41, 5.74) is 0.345. The minimum Gasteiger partial charge on any atom is -0.360 e. The fourth-order valence-corrected chi connectivity index (χ4v) is 5.19. The molecular formula is C17H25N5O4S. The summed E-state index contributed by atoms with van der Waals surface area (Å²) in [7, 11) is -3.72.